The number of thiol groups is 1. The van der Waals surface area contributed by atoms with Crippen LogP contribution in [0.2, 0.25) is 0 Å². The van der Waals surface area contributed by atoms with Crippen molar-refractivity contribution in [2.24, 2.45) is 0 Å². The molecule has 1 aromatic carbocycles. The van der Waals surface area contributed by atoms with E-state index in [1.165, 1.54) is 24.1 Å². The minimum atomic E-state index is -0.723. The Bertz CT molecular complexity index is 589. The summed E-state index contributed by atoms with van der Waals surface area (Å²) in [5, 5.41) is 10.7. The Hall–Kier alpha value is -2.09. The average Bonchev–Trinajstić information content (AvgIpc) is 2.75. The summed E-state index contributed by atoms with van der Waals surface area (Å²) in [7, 11) is 1.18. The molecule has 0 aromatic heterocycles. The molecule has 1 saturated heterocycles. The van der Waals surface area contributed by atoms with Crippen LogP contribution in [0.25, 0.3) is 0 Å². The SMILES string of the molecule is COC(=O)c1cc([N+](=O)[O-])ccc1N1CC(S)CC1=O. The van der Waals surface area contributed by atoms with Crippen LogP contribution >= 0.6 is 12.6 Å². The first-order valence-corrected chi connectivity index (χ1v) is 6.31. The number of methoxy groups -OCH3 is 1. The molecule has 1 aliphatic heterocycles. The summed E-state index contributed by atoms with van der Waals surface area (Å²) in [6, 6.07) is 3.75. The molecule has 106 valence electrons. The number of carbonyl (C=O) groups is 2. The third-order valence-electron chi connectivity index (χ3n) is 2.99. The van der Waals surface area contributed by atoms with Crippen molar-refractivity contribution in [1.29, 1.82) is 0 Å². The standard InChI is InChI=1S/C12H12N2O5S/c1-19-12(16)9-4-7(14(17)18)2-3-10(9)13-6-8(20)5-11(13)15/h2-4,8,20H,5-6H2,1H3. The zero-order valence-corrected chi connectivity index (χ0v) is 11.5. The van der Waals surface area contributed by atoms with E-state index in [0.717, 1.165) is 6.07 Å². The summed E-state index contributed by atoms with van der Waals surface area (Å²) < 4.78 is 4.61. The van der Waals surface area contributed by atoms with Crippen LogP contribution in [-0.2, 0) is 9.53 Å². The van der Waals surface area contributed by atoms with Gasteiger partial charge in [0.05, 0.1) is 23.3 Å². The van der Waals surface area contributed by atoms with Gasteiger partial charge >= 0.3 is 5.97 Å². The Morgan fingerprint density at radius 3 is 2.75 bits per heavy atom. The van der Waals surface area contributed by atoms with E-state index in [-0.39, 0.29) is 28.8 Å². The van der Waals surface area contributed by atoms with Gasteiger partial charge in [0.15, 0.2) is 0 Å². The largest absolute Gasteiger partial charge is 0.465 e. The number of amides is 1. The van der Waals surface area contributed by atoms with Crippen molar-refractivity contribution in [3.8, 4) is 0 Å². The normalized spacial score (nSPS) is 18.2. The number of anilines is 1. The van der Waals surface area contributed by atoms with Crippen LogP contribution < -0.4 is 4.90 Å². The number of nitrogens with zero attached hydrogens (tertiary/aromatic N) is 2. The van der Waals surface area contributed by atoms with E-state index in [9.17, 15) is 19.7 Å². The first-order chi connectivity index (χ1) is 9.43. The fraction of sp³-hybridized carbons (Fsp3) is 0.333. The highest BCUT2D eigenvalue weighted by molar-refractivity contribution is 7.81. The molecule has 1 fully saturated rings. The maximum atomic E-state index is 11.9. The summed E-state index contributed by atoms with van der Waals surface area (Å²) in [5.41, 5.74) is 0.0738. The minimum Gasteiger partial charge on any atom is -0.465 e. The monoisotopic (exact) mass is 296 g/mol. The number of carbonyl (C=O) groups excluding carboxylic acids is 2. The molecule has 1 aliphatic rings. The van der Waals surface area contributed by atoms with Crippen molar-refractivity contribution in [3.63, 3.8) is 0 Å². The van der Waals surface area contributed by atoms with Crippen molar-refractivity contribution in [1.82, 2.24) is 0 Å². The zero-order valence-electron chi connectivity index (χ0n) is 10.6. The Labute approximate surface area is 120 Å². The van der Waals surface area contributed by atoms with E-state index in [2.05, 4.69) is 17.4 Å². The van der Waals surface area contributed by atoms with Gasteiger partial charge in [0, 0.05) is 30.3 Å². The number of nitro benzene ring substituents is 1. The predicted octanol–water partition coefficient (Wildman–Crippen LogP) is 1.42. The number of non-ortho nitro benzene ring substituents is 1. The molecular weight excluding hydrogens is 284 g/mol. The summed E-state index contributed by atoms with van der Waals surface area (Å²) >= 11 is 4.24. The molecule has 1 aromatic rings. The van der Waals surface area contributed by atoms with Gasteiger partial charge in [-0.15, -0.1) is 0 Å². The molecule has 7 nitrogen and oxygen atoms in total. The van der Waals surface area contributed by atoms with E-state index in [1.807, 2.05) is 0 Å². The highest BCUT2D eigenvalue weighted by Gasteiger charge is 2.32. The Balaban J connectivity index is 2.49. The second-order valence-corrected chi connectivity index (χ2v) is 5.04. The van der Waals surface area contributed by atoms with Gasteiger partial charge in [-0.2, -0.15) is 12.6 Å². The van der Waals surface area contributed by atoms with E-state index in [4.69, 9.17) is 0 Å². The van der Waals surface area contributed by atoms with Crippen LogP contribution in [0, 0.1) is 10.1 Å². The second-order valence-electron chi connectivity index (χ2n) is 4.31. The number of benzene rings is 1. The topological polar surface area (TPSA) is 89.8 Å². The van der Waals surface area contributed by atoms with Crippen molar-refractivity contribution in [2.75, 3.05) is 18.6 Å². The fourth-order valence-electron chi connectivity index (χ4n) is 2.07. The number of esters is 1. The molecule has 1 amide bonds. The zero-order chi connectivity index (χ0) is 14.9. The van der Waals surface area contributed by atoms with E-state index in [1.54, 1.807) is 0 Å². The summed E-state index contributed by atoms with van der Waals surface area (Å²) in [4.78, 5) is 35.2. The number of rotatable bonds is 3. The molecular formula is C12H12N2O5S. The van der Waals surface area contributed by atoms with Crippen LogP contribution in [0.1, 0.15) is 16.8 Å². The maximum absolute atomic E-state index is 11.9. The molecule has 2 rings (SSSR count). The lowest BCUT2D eigenvalue weighted by Gasteiger charge is -2.18. The molecule has 1 atom stereocenters. The molecule has 0 saturated carbocycles. The Kier molecular flexibility index (Phi) is 3.93. The average molecular weight is 296 g/mol. The Morgan fingerprint density at radius 2 is 2.25 bits per heavy atom. The van der Waals surface area contributed by atoms with Gasteiger partial charge in [-0.05, 0) is 6.07 Å². The lowest BCUT2D eigenvalue weighted by atomic mass is 10.1. The minimum absolute atomic E-state index is 0.00233. The van der Waals surface area contributed by atoms with Gasteiger partial charge in [-0.25, -0.2) is 4.79 Å². The molecule has 0 N–H and O–H groups in total. The highest BCUT2D eigenvalue weighted by atomic mass is 32.1. The third-order valence-corrected chi connectivity index (χ3v) is 3.34. The van der Waals surface area contributed by atoms with Gasteiger partial charge in [-0.1, -0.05) is 0 Å². The number of hydrogen-bond donors (Lipinski definition) is 1. The van der Waals surface area contributed by atoms with E-state index in [0.29, 0.717) is 12.2 Å². The van der Waals surface area contributed by atoms with Crippen molar-refractivity contribution >= 4 is 35.9 Å². The number of ether oxygens (including phenoxy) is 1. The molecule has 1 heterocycles. The first kappa shape index (κ1) is 14.3. The lowest BCUT2D eigenvalue weighted by molar-refractivity contribution is -0.384. The van der Waals surface area contributed by atoms with Crippen molar-refractivity contribution < 1.29 is 19.2 Å². The van der Waals surface area contributed by atoms with Gasteiger partial charge < -0.3 is 9.64 Å². The first-order valence-electron chi connectivity index (χ1n) is 5.79. The number of nitro groups is 1. The van der Waals surface area contributed by atoms with Crippen LogP contribution in [0.15, 0.2) is 18.2 Å². The van der Waals surface area contributed by atoms with Crippen LogP contribution in [-0.4, -0.2) is 35.7 Å². The van der Waals surface area contributed by atoms with Crippen LogP contribution in [0.4, 0.5) is 11.4 Å². The number of hydrogen-bond acceptors (Lipinski definition) is 6. The highest BCUT2D eigenvalue weighted by Crippen LogP contribution is 2.30. The second kappa shape index (κ2) is 5.49. The van der Waals surface area contributed by atoms with Crippen LogP contribution in [0.5, 0.6) is 0 Å². The third kappa shape index (κ3) is 2.60. The van der Waals surface area contributed by atoms with Gasteiger partial charge in [0.25, 0.3) is 5.69 Å². The molecule has 20 heavy (non-hydrogen) atoms. The van der Waals surface area contributed by atoms with Crippen molar-refractivity contribution in [3.05, 3.63) is 33.9 Å². The predicted molar refractivity (Wildman–Crippen MR) is 74.2 cm³/mol. The molecule has 0 aliphatic carbocycles. The maximum Gasteiger partial charge on any atom is 0.340 e. The molecule has 0 bridgehead atoms. The van der Waals surface area contributed by atoms with E-state index >= 15 is 0 Å². The summed E-state index contributed by atoms with van der Waals surface area (Å²) in [6.07, 6.45) is 0.265. The van der Waals surface area contributed by atoms with Gasteiger partial charge in [0.1, 0.15) is 0 Å². The van der Waals surface area contributed by atoms with Gasteiger partial charge in [-0.3, -0.25) is 14.9 Å². The summed E-state index contributed by atoms with van der Waals surface area (Å²) in [6.45, 7) is 0.351. The fourth-order valence-corrected chi connectivity index (χ4v) is 2.39. The Morgan fingerprint density at radius 1 is 1.55 bits per heavy atom. The molecule has 0 spiro atoms. The van der Waals surface area contributed by atoms with Crippen molar-refractivity contribution in [2.45, 2.75) is 11.7 Å². The summed E-state index contributed by atoms with van der Waals surface area (Å²) in [5.74, 6) is -0.900. The van der Waals surface area contributed by atoms with Gasteiger partial charge in [0.2, 0.25) is 5.91 Å². The molecule has 0 radical (unpaired) electrons. The van der Waals surface area contributed by atoms with E-state index < -0.39 is 10.9 Å². The molecule has 1 unspecified atom stereocenters. The van der Waals surface area contributed by atoms with Crippen LogP contribution in [0.3, 0.4) is 0 Å². The quantitative estimate of drug-likeness (QED) is 0.394. The lowest BCUT2D eigenvalue weighted by Crippen LogP contribution is -2.26. The smallest absolute Gasteiger partial charge is 0.340 e. The molecule has 8 heteroatoms.